The number of aromatic nitrogens is 3. The molecule has 1 N–H and O–H groups in total. The van der Waals surface area contributed by atoms with Gasteiger partial charge in [-0.05, 0) is 5.56 Å². The Bertz CT molecular complexity index is 870. The number of aromatic amines is 1. The Morgan fingerprint density at radius 1 is 1.22 bits per heavy atom. The summed E-state index contributed by atoms with van der Waals surface area (Å²) in [6, 6.07) is 13.5. The van der Waals surface area contributed by atoms with E-state index in [1.54, 1.807) is 6.07 Å². The minimum atomic E-state index is -0.154. The quantitative estimate of drug-likeness (QED) is 0.801. The van der Waals surface area contributed by atoms with E-state index in [1.165, 1.54) is 0 Å². The highest BCUT2D eigenvalue weighted by molar-refractivity contribution is 5.56. The zero-order valence-electron chi connectivity index (χ0n) is 12.5. The Morgan fingerprint density at radius 3 is 2.96 bits per heavy atom. The second-order valence-corrected chi connectivity index (χ2v) is 5.71. The molecule has 6 nitrogen and oxygen atoms in total. The lowest BCUT2D eigenvalue weighted by molar-refractivity contribution is 0.235. The topological polar surface area (TPSA) is 75.0 Å². The van der Waals surface area contributed by atoms with Crippen LogP contribution in [0.1, 0.15) is 17.0 Å². The zero-order valence-corrected chi connectivity index (χ0v) is 12.5. The lowest BCUT2D eigenvalue weighted by atomic mass is 10.1. The van der Waals surface area contributed by atoms with Crippen LogP contribution < -0.4 is 5.56 Å². The Balaban J connectivity index is 1.49. The number of H-pyrrole nitrogens is 1. The highest BCUT2D eigenvalue weighted by Gasteiger charge is 2.19. The van der Waals surface area contributed by atoms with Crippen LogP contribution in [0.25, 0.3) is 11.3 Å². The SMILES string of the molecule is O=c1cc2c(n[nH]1)CCN(Cc1cc(-c3ccccc3)on1)C2. The second-order valence-electron chi connectivity index (χ2n) is 5.71. The van der Waals surface area contributed by atoms with Crippen molar-refractivity contribution in [1.29, 1.82) is 0 Å². The summed E-state index contributed by atoms with van der Waals surface area (Å²) in [5.74, 6) is 0.774. The smallest absolute Gasteiger partial charge is 0.264 e. The second kappa shape index (κ2) is 5.81. The summed E-state index contributed by atoms with van der Waals surface area (Å²) >= 11 is 0. The van der Waals surface area contributed by atoms with Gasteiger partial charge in [0.05, 0.1) is 11.4 Å². The third-order valence-corrected chi connectivity index (χ3v) is 4.04. The maximum absolute atomic E-state index is 11.4. The average Bonchev–Trinajstić information content (AvgIpc) is 3.04. The van der Waals surface area contributed by atoms with Crippen LogP contribution in [0.3, 0.4) is 0 Å². The molecule has 23 heavy (non-hydrogen) atoms. The molecule has 0 spiro atoms. The van der Waals surface area contributed by atoms with E-state index < -0.39 is 0 Å². The third-order valence-electron chi connectivity index (χ3n) is 4.04. The van der Waals surface area contributed by atoms with Gasteiger partial charge >= 0.3 is 0 Å². The summed E-state index contributed by atoms with van der Waals surface area (Å²) in [5, 5.41) is 10.8. The molecule has 0 atom stereocenters. The molecule has 0 fully saturated rings. The molecule has 1 aliphatic rings. The van der Waals surface area contributed by atoms with Gasteiger partial charge in [-0.1, -0.05) is 35.5 Å². The van der Waals surface area contributed by atoms with Gasteiger partial charge in [-0.2, -0.15) is 5.10 Å². The van der Waals surface area contributed by atoms with Gasteiger partial charge in [-0.15, -0.1) is 0 Å². The Kier molecular flexibility index (Phi) is 3.51. The molecule has 3 aromatic rings. The van der Waals surface area contributed by atoms with Crippen molar-refractivity contribution in [3.63, 3.8) is 0 Å². The van der Waals surface area contributed by atoms with Gasteiger partial charge in [-0.25, -0.2) is 5.10 Å². The molecular formula is C17H16N4O2. The zero-order chi connectivity index (χ0) is 15.6. The van der Waals surface area contributed by atoms with Crippen molar-refractivity contribution in [2.24, 2.45) is 0 Å². The largest absolute Gasteiger partial charge is 0.356 e. The first-order valence-corrected chi connectivity index (χ1v) is 7.59. The minimum absolute atomic E-state index is 0.154. The summed E-state index contributed by atoms with van der Waals surface area (Å²) in [5.41, 5.74) is 3.73. The van der Waals surface area contributed by atoms with E-state index in [0.717, 1.165) is 41.2 Å². The predicted octanol–water partition coefficient (Wildman–Crippen LogP) is 1.98. The maximum atomic E-state index is 11.4. The van der Waals surface area contributed by atoms with Crippen molar-refractivity contribution < 1.29 is 4.52 Å². The maximum Gasteiger partial charge on any atom is 0.264 e. The molecule has 0 bridgehead atoms. The molecule has 3 heterocycles. The van der Waals surface area contributed by atoms with Crippen molar-refractivity contribution in [3.05, 3.63) is 69.8 Å². The van der Waals surface area contributed by atoms with Crippen LogP contribution >= 0.6 is 0 Å². The lowest BCUT2D eigenvalue weighted by Crippen LogP contribution is -2.32. The monoisotopic (exact) mass is 308 g/mol. The number of nitrogens with zero attached hydrogens (tertiary/aromatic N) is 3. The van der Waals surface area contributed by atoms with E-state index in [2.05, 4.69) is 20.3 Å². The highest BCUT2D eigenvalue weighted by Crippen LogP contribution is 2.22. The highest BCUT2D eigenvalue weighted by atomic mass is 16.5. The number of hydrogen-bond donors (Lipinski definition) is 1. The normalized spacial score (nSPS) is 14.6. The molecule has 6 heteroatoms. The molecule has 0 radical (unpaired) electrons. The van der Waals surface area contributed by atoms with E-state index in [-0.39, 0.29) is 5.56 Å². The van der Waals surface area contributed by atoms with Crippen molar-refractivity contribution in [3.8, 4) is 11.3 Å². The van der Waals surface area contributed by atoms with Crippen molar-refractivity contribution in [2.75, 3.05) is 6.54 Å². The summed E-state index contributed by atoms with van der Waals surface area (Å²) in [4.78, 5) is 13.6. The van der Waals surface area contributed by atoms with Gasteiger partial charge in [0.25, 0.3) is 5.56 Å². The van der Waals surface area contributed by atoms with Gasteiger partial charge in [0, 0.05) is 43.8 Å². The van der Waals surface area contributed by atoms with Crippen LogP contribution in [0.15, 0.2) is 51.8 Å². The van der Waals surface area contributed by atoms with Gasteiger partial charge in [0.1, 0.15) is 0 Å². The molecule has 1 aromatic carbocycles. The van der Waals surface area contributed by atoms with Crippen LogP contribution in [-0.4, -0.2) is 26.8 Å². The van der Waals surface area contributed by atoms with Crippen molar-refractivity contribution >= 4 is 0 Å². The number of fused-ring (bicyclic) bond motifs is 1. The van der Waals surface area contributed by atoms with E-state index in [9.17, 15) is 4.79 Å². The van der Waals surface area contributed by atoms with Crippen LogP contribution in [0.5, 0.6) is 0 Å². The van der Waals surface area contributed by atoms with Gasteiger partial charge < -0.3 is 4.52 Å². The third kappa shape index (κ3) is 2.93. The minimum Gasteiger partial charge on any atom is -0.356 e. The average molecular weight is 308 g/mol. The number of nitrogens with one attached hydrogen (secondary N) is 1. The van der Waals surface area contributed by atoms with E-state index in [4.69, 9.17) is 4.52 Å². The molecule has 0 saturated heterocycles. The first kappa shape index (κ1) is 13.9. The molecule has 0 amide bonds. The Labute approximate surface area is 132 Å². The molecule has 0 aliphatic carbocycles. The molecular weight excluding hydrogens is 292 g/mol. The molecule has 4 rings (SSSR count). The fourth-order valence-electron chi connectivity index (χ4n) is 2.89. The molecule has 0 unspecified atom stereocenters. The fourth-order valence-corrected chi connectivity index (χ4v) is 2.89. The van der Waals surface area contributed by atoms with Crippen LogP contribution in [0, 0.1) is 0 Å². The standard InChI is InChI=1S/C17H16N4O2/c22-17-8-13-10-21(7-6-15(13)18-19-17)11-14-9-16(23-20-14)12-4-2-1-3-5-12/h1-5,8-9H,6-7,10-11H2,(H,19,22). The Morgan fingerprint density at radius 2 is 2.09 bits per heavy atom. The van der Waals surface area contributed by atoms with Crippen LogP contribution in [-0.2, 0) is 19.5 Å². The van der Waals surface area contributed by atoms with E-state index in [1.807, 2.05) is 36.4 Å². The van der Waals surface area contributed by atoms with Crippen molar-refractivity contribution in [2.45, 2.75) is 19.5 Å². The number of rotatable bonds is 3. The molecule has 1 aliphatic heterocycles. The van der Waals surface area contributed by atoms with Crippen LogP contribution in [0.2, 0.25) is 0 Å². The van der Waals surface area contributed by atoms with Crippen molar-refractivity contribution in [1.82, 2.24) is 20.3 Å². The summed E-state index contributed by atoms with van der Waals surface area (Å²) in [6.45, 7) is 2.29. The summed E-state index contributed by atoms with van der Waals surface area (Å²) in [6.07, 6.45) is 0.829. The van der Waals surface area contributed by atoms with Gasteiger partial charge in [-0.3, -0.25) is 9.69 Å². The fraction of sp³-hybridized carbons (Fsp3) is 0.235. The van der Waals surface area contributed by atoms with Gasteiger partial charge in [0.2, 0.25) is 0 Å². The molecule has 2 aromatic heterocycles. The molecule has 116 valence electrons. The first-order valence-electron chi connectivity index (χ1n) is 7.59. The van der Waals surface area contributed by atoms with E-state index >= 15 is 0 Å². The number of hydrogen-bond acceptors (Lipinski definition) is 5. The Hall–Kier alpha value is -2.73. The molecule has 0 saturated carbocycles. The summed E-state index contributed by atoms with van der Waals surface area (Å²) in [7, 11) is 0. The number of benzene rings is 1. The lowest BCUT2D eigenvalue weighted by Gasteiger charge is -2.26. The van der Waals surface area contributed by atoms with Crippen LogP contribution in [0.4, 0.5) is 0 Å². The van der Waals surface area contributed by atoms with E-state index in [0.29, 0.717) is 13.1 Å². The summed E-state index contributed by atoms with van der Waals surface area (Å²) < 4.78 is 5.44. The predicted molar refractivity (Wildman–Crippen MR) is 84.6 cm³/mol. The van der Waals surface area contributed by atoms with Gasteiger partial charge in [0.15, 0.2) is 5.76 Å². The first-order chi connectivity index (χ1) is 11.3.